The maximum absolute atomic E-state index is 5.36. The van der Waals surface area contributed by atoms with E-state index in [0.717, 1.165) is 5.56 Å². The molecule has 0 nitrogen and oxygen atoms in total. The molecule has 14 heavy (non-hydrogen) atoms. The molecule has 0 amide bonds. The van der Waals surface area contributed by atoms with Gasteiger partial charge in [0.05, 0.1) is 0 Å². The number of benzene rings is 1. The van der Waals surface area contributed by atoms with Crippen molar-refractivity contribution >= 4 is 17.7 Å². The van der Waals surface area contributed by atoms with Crippen LogP contribution in [0, 0.1) is 0 Å². The molecule has 0 aliphatic carbocycles. The highest BCUT2D eigenvalue weighted by molar-refractivity contribution is 6.27. The van der Waals surface area contributed by atoms with Crippen molar-refractivity contribution in [3.05, 3.63) is 67.2 Å². The van der Waals surface area contributed by atoms with Crippen LogP contribution >= 0.6 is 11.6 Å². The standard InChI is InChI=1S/C8H7Cl.C3H6.C2H4/c9-7-6-8-4-2-1-3-5-8;1-3-2;1-2/h1-7H;3H,1H2,2H3;1-2H2. The first-order valence-corrected chi connectivity index (χ1v) is 4.67. The topological polar surface area (TPSA) is 0 Å². The zero-order valence-electron chi connectivity index (χ0n) is 8.62. The number of hydrogen-bond acceptors (Lipinski definition) is 0. The Morgan fingerprint density at radius 1 is 1.14 bits per heavy atom. The van der Waals surface area contributed by atoms with Crippen LogP contribution < -0.4 is 0 Å². The van der Waals surface area contributed by atoms with Crippen molar-refractivity contribution in [2.45, 2.75) is 6.92 Å². The molecule has 0 N–H and O–H groups in total. The van der Waals surface area contributed by atoms with E-state index >= 15 is 0 Å². The van der Waals surface area contributed by atoms with Crippen LogP contribution in [-0.4, -0.2) is 0 Å². The lowest BCUT2D eigenvalue weighted by Crippen LogP contribution is -1.64. The molecule has 0 aliphatic heterocycles. The molecule has 1 aromatic carbocycles. The minimum atomic E-state index is 1.13. The highest BCUT2D eigenvalue weighted by Gasteiger charge is 1.78. The van der Waals surface area contributed by atoms with Gasteiger partial charge in [0.25, 0.3) is 0 Å². The normalized spacial score (nSPS) is 7.86. The van der Waals surface area contributed by atoms with Crippen LogP contribution in [0.1, 0.15) is 12.5 Å². The average Bonchev–Trinajstić information content (AvgIpc) is 2.24. The molecule has 0 unspecified atom stereocenters. The smallest absolute Gasteiger partial charge is 0.00484 e. The van der Waals surface area contributed by atoms with Crippen LogP contribution in [0.3, 0.4) is 0 Å². The Balaban J connectivity index is 0. The van der Waals surface area contributed by atoms with Gasteiger partial charge in [0.15, 0.2) is 0 Å². The van der Waals surface area contributed by atoms with Gasteiger partial charge in [0.2, 0.25) is 0 Å². The summed E-state index contributed by atoms with van der Waals surface area (Å²) in [6.45, 7) is 11.2. The first-order chi connectivity index (χ1) is 6.85. The number of allylic oxidation sites excluding steroid dienone is 1. The number of halogens is 1. The number of rotatable bonds is 1. The first kappa shape index (κ1) is 15.2. The van der Waals surface area contributed by atoms with Crippen molar-refractivity contribution in [3.63, 3.8) is 0 Å². The summed E-state index contributed by atoms with van der Waals surface area (Å²) < 4.78 is 0. The minimum Gasteiger partial charge on any atom is -0.106 e. The molecule has 0 heterocycles. The summed E-state index contributed by atoms with van der Waals surface area (Å²) in [7, 11) is 0. The first-order valence-electron chi connectivity index (χ1n) is 4.24. The van der Waals surface area contributed by atoms with Crippen LogP contribution in [0.4, 0.5) is 0 Å². The molecule has 1 aromatic rings. The van der Waals surface area contributed by atoms with E-state index in [2.05, 4.69) is 19.7 Å². The van der Waals surface area contributed by atoms with Crippen molar-refractivity contribution in [3.8, 4) is 0 Å². The van der Waals surface area contributed by atoms with Gasteiger partial charge in [-0.3, -0.25) is 0 Å². The Morgan fingerprint density at radius 2 is 1.57 bits per heavy atom. The van der Waals surface area contributed by atoms with Gasteiger partial charge in [-0.15, -0.1) is 19.7 Å². The van der Waals surface area contributed by atoms with E-state index in [9.17, 15) is 0 Å². The van der Waals surface area contributed by atoms with Crippen LogP contribution in [-0.2, 0) is 0 Å². The fourth-order valence-corrected chi connectivity index (χ4v) is 0.782. The van der Waals surface area contributed by atoms with E-state index in [4.69, 9.17) is 11.6 Å². The Labute approximate surface area is 92.2 Å². The third kappa shape index (κ3) is 10.7. The Hall–Kier alpha value is -1.27. The van der Waals surface area contributed by atoms with Crippen molar-refractivity contribution in [2.75, 3.05) is 0 Å². The quantitative estimate of drug-likeness (QED) is 0.577. The van der Waals surface area contributed by atoms with Gasteiger partial charge in [-0.25, -0.2) is 0 Å². The second-order valence-electron chi connectivity index (χ2n) is 2.11. The third-order valence-electron chi connectivity index (χ3n) is 1.06. The lowest BCUT2D eigenvalue weighted by molar-refractivity contribution is 1.66. The fourth-order valence-electron chi connectivity index (χ4n) is 0.637. The molecule has 0 bridgehead atoms. The van der Waals surface area contributed by atoms with Gasteiger partial charge in [-0.05, 0) is 18.6 Å². The van der Waals surface area contributed by atoms with E-state index in [1.165, 1.54) is 5.54 Å². The summed E-state index contributed by atoms with van der Waals surface area (Å²) >= 11 is 5.36. The van der Waals surface area contributed by atoms with E-state index in [0.29, 0.717) is 0 Å². The Bertz CT molecular complexity index is 237. The maximum atomic E-state index is 5.36. The van der Waals surface area contributed by atoms with Crippen LogP contribution in [0.15, 0.2) is 61.7 Å². The predicted octanol–water partition coefficient (Wildman–Crippen LogP) is 4.89. The molecule has 0 aliphatic rings. The second kappa shape index (κ2) is 14.3. The summed E-state index contributed by atoms with van der Waals surface area (Å²) in [5.41, 5.74) is 2.64. The molecule has 0 saturated carbocycles. The maximum Gasteiger partial charge on any atom is 0.00484 e. The van der Waals surface area contributed by atoms with Gasteiger partial charge in [0.1, 0.15) is 0 Å². The second-order valence-corrected chi connectivity index (χ2v) is 2.36. The molecular formula is C13H17Cl. The molecule has 1 heteroatoms. The van der Waals surface area contributed by atoms with Crippen molar-refractivity contribution < 1.29 is 0 Å². The molecular weight excluding hydrogens is 192 g/mol. The summed E-state index contributed by atoms with van der Waals surface area (Å²) in [6, 6.07) is 9.93. The molecule has 0 fully saturated rings. The zero-order valence-corrected chi connectivity index (χ0v) is 9.37. The molecule has 0 atom stereocenters. The van der Waals surface area contributed by atoms with Gasteiger partial charge in [0, 0.05) is 5.54 Å². The Morgan fingerprint density at radius 3 is 1.93 bits per heavy atom. The lowest BCUT2D eigenvalue weighted by Gasteiger charge is -1.86. The molecule has 0 aromatic heterocycles. The van der Waals surface area contributed by atoms with Gasteiger partial charge >= 0.3 is 0 Å². The van der Waals surface area contributed by atoms with E-state index in [1.54, 1.807) is 6.08 Å². The van der Waals surface area contributed by atoms with Gasteiger partial charge in [-0.2, -0.15) is 0 Å². The molecule has 0 radical (unpaired) electrons. The Kier molecular flexibility index (Phi) is 15.5. The monoisotopic (exact) mass is 208 g/mol. The average molecular weight is 209 g/mol. The third-order valence-corrected chi connectivity index (χ3v) is 1.18. The highest BCUT2D eigenvalue weighted by atomic mass is 35.5. The van der Waals surface area contributed by atoms with Gasteiger partial charge in [-0.1, -0.05) is 48.0 Å². The zero-order chi connectivity index (χ0) is 11.2. The van der Waals surface area contributed by atoms with Crippen molar-refractivity contribution in [1.29, 1.82) is 0 Å². The molecule has 0 spiro atoms. The molecule has 1 rings (SSSR count). The minimum absolute atomic E-state index is 1.13. The molecule has 0 saturated heterocycles. The summed E-state index contributed by atoms with van der Waals surface area (Å²) in [4.78, 5) is 0. The van der Waals surface area contributed by atoms with E-state index in [-0.39, 0.29) is 0 Å². The van der Waals surface area contributed by atoms with Crippen molar-refractivity contribution in [1.82, 2.24) is 0 Å². The molecule has 76 valence electrons. The SMILES string of the molecule is C=C.C=CC.ClC=Cc1ccccc1. The van der Waals surface area contributed by atoms with E-state index in [1.807, 2.05) is 43.3 Å². The van der Waals surface area contributed by atoms with Crippen LogP contribution in [0.25, 0.3) is 6.08 Å². The summed E-state index contributed by atoms with van der Waals surface area (Å²) in [6.07, 6.45) is 3.60. The van der Waals surface area contributed by atoms with Crippen LogP contribution in [0.5, 0.6) is 0 Å². The highest BCUT2D eigenvalue weighted by Crippen LogP contribution is 2.00. The fraction of sp³-hybridized carbons (Fsp3) is 0.0769. The van der Waals surface area contributed by atoms with Gasteiger partial charge < -0.3 is 0 Å². The van der Waals surface area contributed by atoms with E-state index < -0.39 is 0 Å². The van der Waals surface area contributed by atoms with Crippen molar-refractivity contribution in [2.24, 2.45) is 0 Å². The summed E-state index contributed by atoms with van der Waals surface area (Å²) in [5.74, 6) is 0. The lowest BCUT2D eigenvalue weighted by atomic mass is 10.2. The largest absolute Gasteiger partial charge is 0.106 e. The summed E-state index contributed by atoms with van der Waals surface area (Å²) in [5, 5.41) is 0. The predicted molar refractivity (Wildman–Crippen MR) is 68.5 cm³/mol. The number of hydrogen-bond donors (Lipinski definition) is 0. The van der Waals surface area contributed by atoms with Crippen LogP contribution in [0.2, 0.25) is 0 Å².